The van der Waals surface area contributed by atoms with Crippen LogP contribution in [0.15, 0.2) is 47.5 Å². The lowest BCUT2D eigenvalue weighted by Crippen LogP contribution is -2.26. The summed E-state index contributed by atoms with van der Waals surface area (Å²) in [6.45, 7) is 1.08. The summed E-state index contributed by atoms with van der Waals surface area (Å²) in [5, 5.41) is 8.13. The van der Waals surface area contributed by atoms with Gasteiger partial charge < -0.3 is 9.47 Å². The molecule has 0 saturated carbocycles. The van der Waals surface area contributed by atoms with E-state index in [1.807, 2.05) is 28.8 Å². The van der Waals surface area contributed by atoms with Crippen LogP contribution >= 0.6 is 0 Å². The Bertz CT molecular complexity index is 1020. The van der Waals surface area contributed by atoms with Gasteiger partial charge in [-0.05, 0) is 24.3 Å². The summed E-state index contributed by atoms with van der Waals surface area (Å²) in [7, 11) is -3.64. The predicted octanol–water partition coefficient (Wildman–Crippen LogP) is 1.02. The monoisotopic (exact) mass is 360 g/mol. The number of sulfonamides is 1. The lowest BCUT2D eigenvalue weighted by atomic mass is 10.3. The highest BCUT2D eigenvalue weighted by Gasteiger charge is 2.19. The molecule has 0 atom stereocenters. The number of benzene rings is 1. The molecule has 4 rings (SSSR count). The van der Waals surface area contributed by atoms with Gasteiger partial charge in [-0.1, -0.05) is 6.07 Å². The molecule has 0 fully saturated rings. The van der Waals surface area contributed by atoms with Crippen molar-refractivity contribution in [2.24, 2.45) is 0 Å². The molecule has 0 bridgehead atoms. The molecule has 3 heterocycles. The molecule has 8 nitrogen and oxygen atoms in total. The standard InChI is InChI=1S/C16H16N4O4S/c21-25(22,12-4-5-13-14(11-12)24-10-9-23-13)17-7-6-16-19-18-15-3-1-2-8-20(15)16/h1-5,8,11,17H,6-7,9-10H2. The molecule has 1 aliphatic rings. The second kappa shape index (κ2) is 6.34. The Morgan fingerprint density at radius 2 is 1.92 bits per heavy atom. The fraction of sp³-hybridized carbons (Fsp3) is 0.250. The minimum Gasteiger partial charge on any atom is -0.486 e. The average Bonchev–Trinajstić information content (AvgIpc) is 3.04. The first-order valence-corrected chi connectivity index (χ1v) is 9.30. The second-order valence-electron chi connectivity index (χ2n) is 5.50. The smallest absolute Gasteiger partial charge is 0.240 e. The van der Waals surface area contributed by atoms with Gasteiger partial charge in [-0.3, -0.25) is 4.40 Å². The quantitative estimate of drug-likeness (QED) is 0.730. The topological polar surface area (TPSA) is 94.8 Å². The van der Waals surface area contributed by atoms with Crippen molar-refractivity contribution >= 4 is 15.7 Å². The van der Waals surface area contributed by atoms with Crippen LogP contribution in [0.4, 0.5) is 0 Å². The van der Waals surface area contributed by atoms with Gasteiger partial charge in [0.25, 0.3) is 0 Å². The number of hydrogen-bond donors (Lipinski definition) is 1. The van der Waals surface area contributed by atoms with Gasteiger partial charge >= 0.3 is 0 Å². The van der Waals surface area contributed by atoms with E-state index in [1.54, 1.807) is 6.07 Å². The zero-order valence-corrected chi connectivity index (χ0v) is 14.1. The Morgan fingerprint density at radius 1 is 1.08 bits per heavy atom. The molecular formula is C16H16N4O4S. The highest BCUT2D eigenvalue weighted by atomic mass is 32.2. The maximum atomic E-state index is 12.5. The summed E-state index contributed by atoms with van der Waals surface area (Å²) < 4.78 is 40.2. The summed E-state index contributed by atoms with van der Waals surface area (Å²) in [5.41, 5.74) is 0.729. The fourth-order valence-corrected chi connectivity index (χ4v) is 3.68. The molecule has 130 valence electrons. The maximum absolute atomic E-state index is 12.5. The number of pyridine rings is 1. The van der Waals surface area contributed by atoms with Crippen LogP contribution in [0, 0.1) is 0 Å². The van der Waals surface area contributed by atoms with Gasteiger partial charge in [0.15, 0.2) is 17.1 Å². The summed E-state index contributed by atoms with van der Waals surface area (Å²) >= 11 is 0. The van der Waals surface area contributed by atoms with Crippen molar-refractivity contribution in [3.05, 3.63) is 48.4 Å². The van der Waals surface area contributed by atoms with Crippen molar-refractivity contribution in [3.63, 3.8) is 0 Å². The number of fused-ring (bicyclic) bond motifs is 2. The third kappa shape index (κ3) is 3.15. The minimum absolute atomic E-state index is 0.142. The van der Waals surface area contributed by atoms with Gasteiger partial charge in [-0.2, -0.15) is 0 Å². The van der Waals surface area contributed by atoms with Gasteiger partial charge in [0, 0.05) is 25.2 Å². The first kappa shape index (κ1) is 15.9. The zero-order valence-electron chi connectivity index (χ0n) is 13.3. The van der Waals surface area contributed by atoms with Crippen LogP contribution in [0.5, 0.6) is 11.5 Å². The van der Waals surface area contributed by atoms with E-state index in [2.05, 4.69) is 14.9 Å². The molecule has 25 heavy (non-hydrogen) atoms. The number of nitrogens with one attached hydrogen (secondary N) is 1. The van der Waals surface area contributed by atoms with Crippen LogP contribution in [0.25, 0.3) is 5.65 Å². The lowest BCUT2D eigenvalue weighted by Gasteiger charge is -2.18. The Labute approximate surface area is 144 Å². The number of aromatic nitrogens is 3. The molecule has 0 aliphatic carbocycles. The number of ether oxygens (including phenoxy) is 2. The molecule has 0 unspecified atom stereocenters. The molecule has 0 radical (unpaired) electrons. The van der Waals surface area contributed by atoms with Crippen LogP contribution < -0.4 is 14.2 Å². The molecule has 9 heteroatoms. The van der Waals surface area contributed by atoms with Crippen molar-refractivity contribution in [1.29, 1.82) is 0 Å². The molecule has 1 aliphatic heterocycles. The molecule has 3 aromatic rings. The third-order valence-electron chi connectivity index (χ3n) is 3.85. The Hall–Kier alpha value is -2.65. The van der Waals surface area contributed by atoms with Gasteiger partial charge in [0.05, 0.1) is 4.90 Å². The van der Waals surface area contributed by atoms with Crippen molar-refractivity contribution in [1.82, 2.24) is 19.3 Å². The number of nitrogens with zero attached hydrogens (tertiary/aromatic N) is 3. The van der Waals surface area contributed by atoms with Crippen LogP contribution in [0.2, 0.25) is 0 Å². The molecule has 1 aromatic carbocycles. The molecule has 0 spiro atoms. The summed E-state index contributed by atoms with van der Waals surface area (Å²) in [5.74, 6) is 1.69. The average molecular weight is 360 g/mol. The largest absolute Gasteiger partial charge is 0.486 e. The number of hydrogen-bond acceptors (Lipinski definition) is 6. The van der Waals surface area contributed by atoms with Crippen LogP contribution in [0.3, 0.4) is 0 Å². The first-order chi connectivity index (χ1) is 12.1. The summed E-state index contributed by atoms with van der Waals surface area (Å²) in [6, 6.07) is 10.2. The minimum atomic E-state index is -3.64. The van der Waals surface area contributed by atoms with E-state index in [0.717, 1.165) is 5.65 Å². The number of rotatable bonds is 5. The third-order valence-corrected chi connectivity index (χ3v) is 5.31. The Balaban J connectivity index is 1.46. The lowest BCUT2D eigenvalue weighted by molar-refractivity contribution is 0.171. The van der Waals surface area contributed by atoms with E-state index in [9.17, 15) is 8.42 Å². The van der Waals surface area contributed by atoms with E-state index in [0.29, 0.717) is 37.0 Å². The van der Waals surface area contributed by atoms with E-state index in [1.165, 1.54) is 12.1 Å². The Kier molecular flexibility index (Phi) is 4.02. The molecule has 2 aromatic heterocycles. The van der Waals surface area contributed by atoms with Crippen molar-refractivity contribution in [2.45, 2.75) is 11.3 Å². The van der Waals surface area contributed by atoms with Crippen LogP contribution in [-0.2, 0) is 16.4 Å². The van der Waals surface area contributed by atoms with E-state index < -0.39 is 10.0 Å². The van der Waals surface area contributed by atoms with E-state index >= 15 is 0 Å². The van der Waals surface area contributed by atoms with Crippen molar-refractivity contribution < 1.29 is 17.9 Å². The highest BCUT2D eigenvalue weighted by Crippen LogP contribution is 2.32. The van der Waals surface area contributed by atoms with E-state index in [4.69, 9.17) is 9.47 Å². The van der Waals surface area contributed by atoms with Gasteiger partial charge in [0.2, 0.25) is 10.0 Å². The van der Waals surface area contributed by atoms with Gasteiger partial charge in [-0.25, -0.2) is 13.1 Å². The predicted molar refractivity (Wildman–Crippen MR) is 89.3 cm³/mol. The first-order valence-electron chi connectivity index (χ1n) is 7.81. The van der Waals surface area contributed by atoms with Crippen LogP contribution in [-0.4, -0.2) is 42.8 Å². The van der Waals surface area contributed by atoms with Crippen molar-refractivity contribution in [3.8, 4) is 11.5 Å². The molecule has 1 N–H and O–H groups in total. The normalized spacial score (nSPS) is 13.9. The molecule has 0 amide bonds. The van der Waals surface area contributed by atoms with Gasteiger partial charge in [-0.15, -0.1) is 10.2 Å². The maximum Gasteiger partial charge on any atom is 0.240 e. The second-order valence-corrected chi connectivity index (χ2v) is 7.27. The Morgan fingerprint density at radius 3 is 2.80 bits per heavy atom. The van der Waals surface area contributed by atoms with Crippen LogP contribution in [0.1, 0.15) is 5.82 Å². The zero-order chi connectivity index (χ0) is 17.3. The summed E-state index contributed by atoms with van der Waals surface area (Å²) in [6.07, 6.45) is 2.27. The fourth-order valence-electron chi connectivity index (χ4n) is 2.63. The summed E-state index contributed by atoms with van der Waals surface area (Å²) in [4.78, 5) is 0.142. The van der Waals surface area contributed by atoms with E-state index in [-0.39, 0.29) is 11.4 Å². The van der Waals surface area contributed by atoms with Gasteiger partial charge in [0.1, 0.15) is 19.0 Å². The molecule has 0 saturated heterocycles. The van der Waals surface area contributed by atoms with Crippen molar-refractivity contribution in [2.75, 3.05) is 19.8 Å². The highest BCUT2D eigenvalue weighted by molar-refractivity contribution is 7.89. The SMILES string of the molecule is O=S(=O)(NCCc1nnc2ccccn12)c1ccc2c(c1)OCCO2. The molecular weight excluding hydrogens is 344 g/mol.